The van der Waals surface area contributed by atoms with Crippen LogP contribution in [0.5, 0.6) is 0 Å². The van der Waals surface area contributed by atoms with E-state index in [4.69, 9.17) is 16.3 Å². The Morgan fingerprint density at radius 2 is 1.61 bits per heavy atom. The van der Waals surface area contributed by atoms with Crippen molar-refractivity contribution in [1.82, 2.24) is 5.32 Å². The highest BCUT2D eigenvalue weighted by Gasteiger charge is 2.21. The summed E-state index contributed by atoms with van der Waals surface area (Å²) in [6.07, 6.45) is -0.935. The number of aliphatic hydroxyl groups is 1. The molecule has 2 aromatic rings. The van der Waals surface area contributed by atoms with Crippen LogP contribution in [0.4, 0.5) is 4.79 Å². The molecule has 0 aliphatic carbocycles. The number of alkyl carbamates (subject to hydrolysis) is 1. The van der Waals surface area contributed by atoms with Gasteiger partial charge in [0.1, 0.15) is 6.61 Å². The highest BCUT2D eigenvalue weighted by molar-refractivity contribution is 6.18. The lowest BCUT2D eigenvalue weighted by molar-refractivity contribution is 0.110. The summed E-state index contributed by atoms with van der Waals surface area (Å²) >= 11 is 5.73. The second-order valence-electron chi connectivity index (χ2n) is 5.22. The van der Waals surface area contributed by atoms with Crippen LogP contribution in [0.15, 0.2) is 60.7 Å². The Balaban J connectivity index is 1.90. The van der Waals surface area contributed by atoms with Gasteiger partial charge in [0, 0.05) is 0 Å². The predicted molar refractivity (Wildman–Crippen MR) is 90.4 cm³/mol. The Morgan fingerprint density at radius 1 is 1.04 bits per heavy atom. The zero-order chi connectivity index (χ0) is 16.5. The third-order valence-corrected chi connectivity index (χ3v) is 3.75. The van der Waals surface area contributed by atoms with Gasteiger partial charge in [0.25, 0.3) is 0 Å². The maximum atomic E-state index is 11.9. The number of carbonyl (C=O) groups is 1. The van der Waals surface area contributed by atoms with E-state index >= 15 is 0 Å². The van der Waals surface area contributed by atoms with Crippen molar-refractivity contribution in [1.29, 1.82) is 0 Å². The molecule has 0 aliphatic rings. The van der Waals surface area contributed by atoms with E-state index in [0.717, 1.165) is 11.1 Å². The van der Waals surface area contributed by atoms with Gasteiger partial charge in [-0.1, -0.05) is 60.7 Å². The number of hydrogen-bond donors (Lipinski definition) is 2. The zero-order valence-electron chi connectivity index (χ0n) is 12.7. The standard InChI is InChI=1S/C18H20ClNO3/c19-12-17(21)16(11-14-7-3-1-4-8-14)20-18(22)23-13-15-9-5-2-6-10-15/h1-10,16-17,21H,11-13H2,(H,20,22)/t16-,17+/m0/s1. The molecule has 0 aromatic heterocycles. The summed E-state index contributed by atoms with van der Waals surface area (Å²) in [7, 11) is 0. The number of rotatable bonds is 7. The van der Waals surface area contributed by atoms with Gasteiger partial charge in [0.2, 0.25) is 0 Å². The molecule has 23 heavy (non-hydrogen) atoms. The molecule has 0 radical (unpaired) electrons. The molecule has 0 saturated carbocycles. The molecule has 1 amide bonds. The maximum absolute atomic E-state index is 11.9. The number of halogens is 1. The molecule has 0 bridgehead atoms. The van der Waals surface area contributed by atoms with Crippen LogP contribution in [0.2, 0.25) is 0 Å². The van der Waals surface area contributed by atoms with Crippen molar-refractivity contribution in [2.24, 2.45) is 0 Å². The van der Waals surface area contributed by atoms with Gasteiger partial charge >= 0.3 is 6.09 Å². The molecule has 0 spiro atoms. The molecular formula is C18H20ClNO3. The fourth-order valence-corrected chi connectivity index (χ4v) is 2.39. The molecule has 0 fully saturated rings. The number of aliphatic hydroxyl groups excluding tert-OH is 1. The van der Waals surface area contributed by atoms with Crippen LogP contribution in [0, 0.1) is 0 Å². The summed E-state index contributed by atoms with van der Waals surface area (Å²) in [6, 6.07) is 18.5. The van der Waals surface area contributed by atoms with Crippen molar-refractivity contribution < 1.29 is 14.6 Å². The largest absolute Gasteiger partial charge is 0.445 e. The number of benzene rings is 2. The average molecular weight is 334 g/mol. The fraction of sp³-hybridized carbons (Fsp3) is 0.278. The monoisotopic (exact) mass is 333 g/mol. The summed E-state index contributed by atoms with van der Waals surface area (Å²) < 4.78 is 5.19. The van der Waals surface area contributed by atoms with Crippen LogP contribution in [0.3, 0.4) is 0 Å². The quantitative estimate of drug-likeness (QED) is 0.765. The van der Waals surface area contributed by atoms with E-state index in [1.807, 2.05) is 60.7 Å². The van der Waals surface area contributed by atoms with E-state index in [2.05, 4.69) is 5.32 Å². The first kappa shape index (κ1) is 17.3. The van der Waals surface area contributed by atoms with Crippen molar-refractivity contribution in [2.45, 2.75) is 25.2 Å². The molecular weight excluding hydrogens is 314 g/mol. The Bertz CT molecular complexity index is 592. The summed E-state index contributed by atoms with van der Waals surface area (Å²) in [5.74, 6) is 0.0382. The van der Waals surface area contributed by atoms with Gasteiger partial charge in [0.05, 0.1) is 18.0 Å². The van der Waals surface area contributed by atoms with Crippen LogP contribution in [-0.2, 0) is 17.8 Å². The molecule has 0 saturated heterocycles. The molecule has 2 aromatic carbocycles. The predicted octanol–water partition coefficient (Wildman–Crippen LogP) is 3.12. The molecule has 4 nitrogen and oxygen atoms in total. The highest BCUT2D eigenvalue weighted by atomic mass is 35.5. The lowest BCUT2D eigenvalue weighted by Crippen LogP contribution is -2.45. The first-order chi connectivity index (χ1) is 11.2. The van der Waals surface area contributed by atoms with Crippen molar-refractivity contribution in [3.05, 3.63) is 71.8 Å². The van der Waals surface area contributed by atoms with Gasteiger partial charge in [-0.3, -0.25) is 0 Å². The summed E-state index contributed by atoms with van der Waals surface area (Å²) in [6.45, 7) is 0.182. The van der Waals surface area contributed by atoms with Crippen molar-refractivity contribution >= 4 is 17.7 Å². The average Bonchev–Trinajstić information content (AvgIpc) is 2.60. The van der Waals surface area contributed by atoms with Crippen LogP contribution >= 0.6 is 11.6 Å². The first-order valence-electron chi connectivity index (χ1n) is 7.44. The van der Waals surface area contributed by atoms with Gasteiger partial charge in [-0.15, -0.1) is 11.6 Å². The summed E-state index contributed by atoms with van der Waals surface area (Å²) in [5, 5.41) is 12.7. The minimum Gasteiger partial charge on any atom is -0.445 e. The Morgan fingerprint density at radius 3 is 2.17 bits per heavy atom. The Kier molecular flexibility index (Phi) is 6.91. The SMILES string of the molecule is O=C(N[C@@H](Cc1ccccc1)[C@H](O)CCl)OCc1ccccc1. The van der Waals surface area contributed by atoms with E-state index in [9.17, 15) is 9.90 Å². The second kappa shape index (κ2) is 9.18. The minimum absolute atomic E-state index is 0.0382. The van der Waals surface area contributed by atoms with Crippen LogP contribution in [0.25, 0.3) is 0 Å². The van der Waals surface area contributed by atoms with E-state index in [1.54, 1.807) is 0 Å². The van der Waals surface area contributed by atoms with Crippen LogP contribution in [-0.4, -0.2) is 29.2 Å². The minimum atomic E-state index is -0.846. The second-order valence-corrected chi connectivity index (χ2v) is 5.53. The van der Waals surface area contributed by atoms with E-state index in [-0.39, 0.29) is 12.5 Å². The molecule has 122 valence electrons. The first-order valence-corrected chi connectivity index (χ1v) is 7.97. The molecule has 2 atom stereocenters. The zero-order valence-corrected chi connectivity index (χ0v) is 13.4. The van der Waals surface area contributed by atoms with Gasteiger partial charge in [-0.25, -0.2) is 4.79 Å². The van der Waals surface area contributed by atoms with Crippen molar-refractivity contribution in [3.8, 4) is 0 Å². The molecule has 5 heteroatoms. The molecule has 0 unspecified atom stereocenters. The van der Waals surface area contributed by atoms with Gasteiger partial charge in [-0.05, 0) is 17.5 Å². The number of hydrogen-bond acceptors (Lipinski definition) is 3. The molecule has 0 heterocycles. The number of ether oxygens (including phenoxy) is 1. The number of carbonyl (C=O) groups excluding carboxylic acids is 1. The maximum Gasteiger partial charge on any atom is 0.407 e. The van der Waals surface area contributed by atoms with Crippen LogP contribution in [0.1, 0.15) is 11.1 Å². The molecule has 0 aliphatic heterocycles. The van der Waals surface area contributed by atoms with Gasteiger partial charge in [0.15, 0.2) is 0 Å². The highest BCUT2D eigenvalue weighted by Crippen LogP contribution is 2.08. The smallest absolute Gasteiger partial charge is 0.407 e. The number of amides is 1. The van der Waals surface area contributed by atoms with Gasteiger partial charge < -0.3 is 15.2 Å². The van der Waals surface area contributed by atoms with Crippen molar-refractivity contribution in [2.75, 3.05) is 5.88 Å². The lowest BCUT2D eigenvalue weighted by Gasteiger charge is -2.22. The third kappa shape index (κ3) is 5.93. The summed E-state index contributed by atoms with van der Waals surface area (Å²) in [4.78, 5) is 11.9. The number of alkyl halides is 1. The van der Waals surface area contributed by atoms with E-state index in [0.29, 0.717) is 6.42 Å². The Hall–Kier alpha value is -2.04. The topological polar surface area (TPSA) is 58.6 Å². The van der Waals surface area contributed by atoms with E-state index < -0.39 is 18.2 Å². The molecule has 2 N–H and O–H groups in total. The normalized spacial score (nSPS) is 13.1. The number of nitrogens with one attached hydrogen (secondary N) is 1. The van der Waals surface area contributed by atoms with Crippen molar-refractivity contribution in [3.63, 3.8) is 0 Å². The lowest BCUT2D eigenvalue weighted by atomic mass is 10.0. The van der Waals surface area contributed by atoms with E-state index in [1.165, 1.54) is 0 Å². The fourth-order valence-electron chi connectivity index (χ4n) is 2.17. The van der Waals surface area contributed by atoms with Gasteiger partial charge in [-0.2, -0.15) is 0 Å². The Labute approximate surface area is 141 Å². The summed E-state index contributed by atoms with van der Waals surface area (Å²) in [5.41, 5.74) is 1.91. The third-order valence-electron chi connectivity index (χ3n) is 3.44. The molecule has 2 rings (SSSR count). The van der Waals surface area contributed by atoms with Crippen LogP contribution < -0.4 is 5.32 Å².